The second-order valence-electron chi connectivity index (χ2n) is 6.18. The summed E-state index contributed by atoms with van der Waals surface area (Å²) in [7, 11) is 0. The van der Waals surface area contributed by atoms with Gasteiger partial charge in [-0.05, 0) is 31.2 Å². The SMILES string of the molecule is CCOc1ccc(C(=O)NC2=CC=C(F)C([C@]3(F)COCC(N)=N3)C2)nc1. The third-order valence-corrected chi connectivity index (χ3v) is 4.17. The molecule has 1 aromatic heterocycles. The van der Waals surface area contributed by atoms with Crippen LogP contribution in [0.15, 0.2) is 47.0 Å². The number of nitrogens with one attached hydrogen (secondary N) is 1. The molecule has 0 radical (unpaired) electrons. The van der Waals surface area contributed by atoms with Gasteiger partial charge in [-0.25, -0.2) is 18.8 Å². The minimum atomic E-state index is -2.31. The van der Waals surface area contributed by atoms with Crippen molar-refractivity contribution < 1.29 is 23.0 Å². The van der Waals surface area contributed by atoms with E-state index in [1.165, 1.54) is 18.3 Å². The number of pyridine rings is 1. The maximum atomic E-state index is 15.1. The molecule has 0 saturated carbocycles. The Bertz CT molecular complexity index is 807. The molecule has 144 valence electrons. The van der Waals surface area contributed by atoms with Crippen molar-refractivity contribution in [3.05, 3.63) is 47.7 Å². The van der Waals surface area contributed by atoms with E-state index in [4.69, 9.17) is 15.2 Å². The van der Waals surface area contributed by atoms with Crippen molar-refractivity contribution in [3.63, 3.8) is 0 Å². The number of hydrogen-bond acceptors (Lipinski definition) is 6. The Morgan fingerprint density at radius 3 is 2.96 bits per heavy atom. The van der Waals surface area contributed by atoms with Crippen LogP contribution >= 0.6 is 0 Å². The van der Waals surface area contributed by atoms with Gasteiger partial charge in [0, 0.05) is 12.1 Å². The van der Waals surface area contributed by atoms with Gasteiger partial charge in [-0.15, -0.1) is 0 Å². The third kappa shape index (κ3) is 4.30. The predicted molar refractivity (Wildman–Crippen MR) is 94.5 cm³/mol. The predicted octanol–water partition coefficient (Wildman–Crippen LogP) is 2.02. The van der Waals surface area contributed by atoms with Crippen LogP contribution in [0.3, 0.4) is 0 Å². The molecule has 7 nitrogen and oxygen atoms in total. The largest absolute Gasteiger partial charge is 0.492 e. The average Bonchev–Trinajstić information content (AvgIpc) is 2.64. The molecule has 2 heterocycles. The zero-order chi connectivity index (χ0) is 19.4. The average molecular weight is 378 g/mol. The van der Waals surface area contributed by atoms with Gasteiger partial charge in [0.1, 0.15) is 36.3 Å². The summed E-state index contributed by atoms with van der Waals surface area (Å²) >= 11 is 0. The summed E-state index contributed by atoms with van der Waals surface area (Å²) in [5, 5.41) is 2.63. The number of ether oxygens (including phenoxy) is 2. The van der Waals surface area contributed by atoms with Crippen LogP contribution in [-0.2, 0) is 4.74 Å². The molecule has 1 aliphatic carbocycles. The summed E-state index contributed by atoms with van der Waals surface area (Å²) in [4.78, 5) is 20.1. The fourth-order valence-corrected chi connectivity index (χ4v) is 2.90. The van der Waals surface area contributed by atoms with Gasteiger partial charge >= 0.3 is 0 Å². The van der Waals surface area contributed by atoms with E-state index in [2.05, 4.69) is 15.3 Å². The van der Waals surface area contributed by atoms with Crippen LogP contribution in [0, 0.1) is 5.92 Å². The Kier molecular flexibility index (Phi) is 5.50. The maximum absolute atomic E-state index is 15.1. The number of aliphatic imine (C=N–C) groups is 1. The number of carbonyl (C=O) groups is 1. The number of nitrogens with zero attached hydrogens (tertiary/aromatic N) is 2. The second kappa shape index (κ2) is 7.83. The number of hydrogen-bond donors (Lipinski definition) is 2. The van der Waals surface area contributed by atoms with Gasteiger partial charge < -0.3 is 20.5 Å². The van der Waals surface area contributed by atoms with Gasteiger partial charge in [0.2, 0.25) is 5.79 Å². The van der Waals surface area contributed by atoms with E-state index in [-0.39, 0.29) is 24.6 Å². The van der Waals surface area contributed by atoms with Crippen LogP contribution in [0.1, 0.15) is 23.8 Å². The molecule has 0 fully saturated rings. The molecule has 3 N–H and O–H groups in total. The van der Waals surface area contributed by atoms with Gasteiger partial charge in [0.25, 0.3) is 5.91 Å². The number of halogens is 2. The monoisotopic (exact) mass is 378 g/mol. The quantitative estimate of drug-likeness (QED) is 0.764. The second-order valence-corrected chi connectivity index (χ2v) is 6.18. The Morgan fingerprint density at radius 2 is 2.30 bits per heavy atom. The molecule has 0 spiro atoms. The smallest absolute Gasteiger partial charge is 0.274 e. The summed E-state index contributed by atoms with van der Waals surface area (Å²) < 4.78 is 39.6. The van der Waals surface area contributed by atoms with Crippen molar-refractivity contribution >= 4 is 11.7 Å². The van der Waals surface area contributed by atoms with Gasteiger partial charge in [0.15, 0.2) is 0 Å². The first-order chi connectivity index (χ1) is 12.9. The number of amidine groups is 1. The summed E-state index contributed by atoms with van der Waals surface area (Å²) in [6, 6.07) is 3.13. The standard InChI is InChI=1S/C18H20F2N4O3/c1-2-27-12-4-6-15(22-8-12)17(25)23-11-3-5-14(19)13(7-11)18(20)10-26-9-16(21)24-18/h3-6,8,13H,2,7,9-10H2,1H3,(H2,21,24)(H,23,25)/t13?,18-/m0/s1. The molecule has 1 aromatic rings. The lowest BCUT2D eigenvalue weighted by atomic mass is 9.88. The highest BCUT2D eigenvalue weighted by Crippen LogP contribution is 2.39. The van der Waals surface area contributed by atoms with Gasteiger partial charge in [0.05, 0.1) is 18.7 Å². The maximum Gasteiger partial charge on any atom is 0.274 e. The minimum Gasteiger partial charge on any atom is -0.492 e. The first kappa shape index (κ1) is 19.0. The number of nitrogens with two attached hydrogens (primary N) is 1. The molecule has 2 aliphatic rings. The molecule has 3 rings (SSSR count). The van der Waals surface area contributed by atoms with Crippen LogP contribution in [-0.4, -0.2) is 42.3 Å². The van der Waals surface area contributed by atoms with Gasteiger partial charge in [-0.1, -0.05) is 0 Å². The first-order valence-electron chi connectivity index (χ1n) is 8.48. The van der Waals surface area contributed by atoms with E-state index in [0.717, 1.165) is 6.08 Å². The zero-order valence-corrected chi connectivity index (χ0v) is 14.7. The molecule has 27 heavy (non-hydrogen) atoms. The van der Waals surface area contributed by atoms with Crippen molar-refractivity contribution in [1.29, 1.82) is 0 Å². The zero-order valence-electron chi connectivity index (χ0n) is 14.7. The Hall–Kier alpha value is -2.81. The lowest BCUT2D eigenvalue weighted by molar-refractivity contribution is -0.0149. The van der Waals surface area contributed by atoms with Crippen LogP contribution in [0.5, 0.6) is 5.75 Å². The highest BCUT2D eigenvalue weighted by molar-refractivity contribution is 5.93. The highest BCUT2D eigenvalue weighted by atomic mass is 19.2. The van der Waals surface area contributed by atoms with Crippen molar-refractivity contribution in [2.24, 2.45) is 16.6 Å². The topological polar surface area (TPSA) is 98.8 Å². The number of carbonyl (C=O) groups excluding carboxylic acids is 1. The third-order valence-electron chi connectivity index (χ3n) is 4.17. The summed E-state index contributed by atoms with van der Waals surface area (Å²) in [5.74, 6) is -4.21. The molecule has 0 aromatic carbocycles. The van der Waals surface area contributed by atoms with Gasteiger partial charge in [-0.3, -0.25) is 4.79 Å². The summed E-state index contributed by atoms with van der Waals surface area (Å²) in [6.45, 7) is 1.93. The number of allylic oxidation sites excluding steroid dienone is 3. The number of rotatable bonds is 5. The molecule has 1 unspecified atom stereocenters. The van der Waals surface area contributed by atoms with Crippen molar-refractivity contribution in [2.75, 3.05) is 19.8 Å². The van der Waals surface area contributed by atoms with Crippen molar-refractivity contribution in [1.82, 2.24) is 10.3 Å². The molecule has 9 heteroatoms. The Labute approximate surface area is 155 Å². The van der Waals surface area contributed by atoms with Crippen molar-refractivity contribution in [3.8, 4) is 5.75 Å². The molecule has 0 saturated heterocycles. The number of aromatic nitrogens is 1. The van der Waals surface area contributed by atoms with Crippen LogP contribution in [0.2, 0.25) is 0 Å². The normalized spacial score (nSPS) is 25.1. The summed E-state index contributed by atoms with van der Waals surface area (Å²) in [6.07, 6.45) is 3.83. The van der Waals surface area contributed by atoms with E-state index < -0.39 is 30.1 Å². The first-order valence-corrected chi connectivity index (χ1v) is 8.48. The highest BCUT2D eigenvalue weighted by Gasteiger charge is 2.45. The van der Waals surface area contributed by atoms with E-state index in [1.807, 2.05) is 6.92 Å². The molecule has 2 atom stereocenters. The van der Waals surface area contributed by atoms with E-state index >= 15 is 4.39 Å². The Morgan fingerprint density at radius 1 is 1.48 bits per heavy atom. The lowest BCUT2D eigenvalue weighted by Crippen LogP contribution is -2.45. The van der Waals surface area contributed by atoms with Crippen LogP contribution in [0.4, 0.5) is 8.78 Å². The van der Waals surface area contributed by atoms with E-state index in [0.29, 0.717) is 18.1 Å². The van der Waals surface area contributed by atoms with Crippen molar-refractivity contribution in [2.45, 2.75) is 19.1 Å². The van der Waals surface area contributed by atoms with Crippen LogP contribution in [0.25, 0.3) is 0 Å². The van der Waals surface area contributed by atoms with Crippen LogP contribution < -0.4 is 15.8 Å². The molecular formula is C18H20F2N4O3. The van der Waals surface area contributed by atoms with E-state index in [1.54, 1.807) is 6.07 Å². The number of amides is 1. The molecule has 0 bridgehead atoms. The molecule has 1 aliphatic heterocycles. The van der Waals surface area contributed by atoms with E-state index in [9.17, 15) is 9.18 Å². The fraction of sp³-hybridized carbons (Fsp3) is 0.389. The van der Waals surface area contributed by atoms with Gasteiger partial charge in [-0.2, -0.15) is 0 Å². The number of alkyl halides is 1. The molecular weight excluding hydrogens is 358 g/mol. The summed E-state index contributed by atoms with van der Waals surface area (Å²) in [5.41, 5.74) is 6.03. The Balaban J connectivity index is 1.70. The molecule has 1 amide bonds. The fourth-order valence-electron chi connectivity index (χ4n) is 2.90. The lowest BCUT2D eigenvalue weighted by Gasteiger charge is -2.34. The minimum absolute atomic E-state index is 0.00651.